The summed E-state index contributed by atoms with van der Waals surface area (Å²) in [5.41, 5.74) is 4.56. The topological polar surface area (TPSA) is 32.7 Å². The lowest BCUT2D eigenvalue weighted by molar-refractivity contribution is -0.117. The second-order valence-corrected chi connectivity index (χ2v) is 6.98. The maximum atomic E-state index is 13.0. The largest absolute Gasteiger partial charge is 0.303 e. The number of benzodiazepines with no additional fused rings is 1. The van der Waals surface area contributed by atoms with Crippen LogP contribution in [0.2, 0.25) is 5.02 Å². The molecular weight excluding hydrogens is 356 g/mol. The van der Waals surface area contributed by atoms with Crippen molar-refractivity contribution >= 4 is 28.9 Å². The van der Waals surface area contributed by atoms with E-state index in [4.69, 9.17) is 11.6 Å². The van der Waals surface area contributed by atoms with Gasteiger partial charge in [-0.1, -0.05) is 72.3 Å². The number of benzene rings is 3. The number of fused-ring (bicyclic) bond motifs is 1. The molecule has 1 heterocycles. The van der Waals surface area contributed by atoms with Gasteiger partial charge in [0.1, 0.15) is 6.54 Å². The van der Waals surface area contributed by atoms with Gasteiger partial charge in [0.25, 0.3) is 0 Å². The SMILES string of the molecule is CC(c1ccccc1)N1C(=O)CN=C(c2ccccc2)c2cc(Cl)ccc21. The van der Waals surface area contributed by atoms with Crippen LogP contribution in [0.5, 0.6) is 0 Å². The fourth-order valence-electron chi connectivity index (χ4n) is 3.50. The molecule has 1 atom stereocenters. The van der Waals surface area contributed by atoms with Gasteiger partial charge in [-0.3, -0.25) is 9.79 Å². The normalized spacial score (nSPS) is 15.0. The fourth-order valence-corrected chi connectivity index (χ4v) is 3.67. The first-order valence-electron chi connectivity index (χ1n) is 8.92. The van der Waals surface area contributed by atoms with Crippen molar-refractivity contribution in [2.45, 2.75) is 13.0 Å². The maximum absolute atomic E-state index is 13.0. The summed E-state index contributed by atoms with van der Waals surface area (Å²) in [5.74, 6) is -0.0270. The molecule has 0 aromatic heterocycles. The molecule has 0 aliphatic carbocycles. The number of hydrogen-bond acceptors (Lipinski definition) is 2. The minimum atomic E-state index is -0.107. The molecule has 27 heavy (non-hydrogen) atoms. The van der Waals surface area contributed by atoms with Crippen molar-refractivity contribution in [2.75, 3.05) is 11.4 Å². The van der Waals surface area contributed by atoms with E-state index in [-0.39, 0.29) is 18.5 Å². The quantitative estimate of drug-likeness (QED) is 0.613. The van der Waals surface area contributed by atoms with Gasteiger partial charge in [0.05, 0.1) is 17.4 Å². The van der Waals surface area contributed by atoms with E-state index in [0.29, 0.717) is 5.02 Å². The van der Waals surface area contributed by atoms with Crippen LogP contribution in [0.15, 0.2) is 83.9 Å². The number of amides is 1. The first-order chi connectivity index (χ1) is 13.1. The molecule has 1 unspecified atom stereocenters. The molecule has 1 amide bonds. The average Bonchev–Trinajstić information content (AvgIpc) is 2.84. The summed E-state index contributed by atoms with van der Waals surface area (Å²) in [4.78, 5) is 19.5. The molecule has 3 nitrogen and oxygen atoms in total. The van der Waals surface area contributed by atoms with Gasteiger partial charge >= 0.3 is 0 Å². The van der Waals surface area contributed by atoms with Crippen molar-refractivity contribution in [2.24, 2.45) is 4.99 Å². The third-order valence-corrected chi connectivity index (χ3v) is 5.07. The third kappa shape index (κ3) is 3.38. The number of carbonyl (C=O) groups excluding carboxylic acids is 1. The Kier molecular flexibility index (Phi) is 4.78. The van der Waals surface area contributed by atoms with Crippen molar-refractivity contribution in [3.05, 3.63) is 101 Å². The van der Waals surface area contributed by atoms with E-state index in [1.807, 2.05) is 90.7 Å². The predicted octanol–water partition coefficient (Wildman–Crippen LogP) is 5.29. The van der Waals surface area contributed by atoms with E-state index in [1.54, 1.807) is 0 Å². The van der Waals surface area contributed by atoms with E-state index < -0.39 is 0 Å². The smallest absolute Gasteiger partial charge is 0.249 e. The van der Waals surface area contributed by atoms with Crippen LogP contribution in [0, 0.1) is 0 Å². The lowest BCUT2D eigenvalue weighted by Crippen LogP contribution is -2.35. The highest BCUT2D eigenvalue weighted by atomic mass is 35.5. The molecule has 0 radical (unpaired) electrons. The molecule has 134 valence electrons. The number of carbonyl (C=O) groups is 1. The van der Waals surface area contributed by atoms with Crippen molar-refractivity contribution < 1.29 is 4.79 Å². The van der Waals surface area contributed by atoms with Gasteiger partial charge in [0.15, 0.2) is 0 Å². The van der Waals surface area contributed by atoms with Crippen molar-refractivity contribution in [1.29, 1.82) is 0 Å². The standard InChI is InChI=1S/C23H19ClN2O/c1-16(17-8-4-2-5-9-17)26-21-13-12-19(24)14-20(21)23(25-15-22(26)27)18-10-6-3-7-11-18/h2-14,16H,15H2,1H3. The van der Waals surface area contributed by atoms with Crippen LogP contribution in [0.1, 0.15) is 29.7 Å². The van der Waals surface area contributed by atoms with Gasteiger partial charge in [0.2, 0.25) is 5.91 Å². The van der Waals surface area contributed by atoms with E-state index >= 15 is 0 Å². The van der Waals surface area contributed by atoms with E-state index in [0.717, 1.165) is 28.1 Å². The highest BCUT2D eigenvalue weighted by Gasteiger charge is 2.29. The third-order valence-electron chi connectivity index (χ3n) is 4.83. The molecule has 0 bridgehead atoms. The molecule has 0 saturated carbocycles. The lowest BCUT2D eigenvalue weighted by atomic mass is 9.98. The lowest BCUT2D eigenvalue weighted by Gasteiger charge is -2.30. The summed E-state index contributed by atoms with van der Waals surface area (Å²) in [6.07, 6.45) is 0. The summed E-state index contributed by atoms with van der Waals surface area (Å²) in [5, 5.41) is 0.624. The van der Waals surface area contributed by atoms with Gasteiger partial charge in [-0.2, -0.15) is 0 Å². The summed E-state index contributed by atoms with van der Waals surface area (Å²) in [7, 11) is 0. The van der Waals surface area contributed by atoms with Crippen molar-refractivity contribution in [3.63, 3.8) is 0 Å². The Morgan fingerprint density at radius 1 is 0.963 bits per heavy atom. The molecule has 3 aromatic carbocycles. The van der Waals surface area contributed by atoms with Crippen LogP contribution in [-0.4, -0.2) is 18.2 Å². The molecule has 4 heteroatoms. The molecule has 1 aliphatic rings. The second-order valence-electron chi connectivity index (χ2n) is 6.54. The summed E-state index contributed by atoms with van der Waals surface area (Å²) < 4.78 is 0. The summed E-state index contributed by atoms with van der Waals surface area (Å²) in [6.45, 7) is 2.15. The van der Waals surface area contributed by atoms with Crippen LogP contribution in [0.25, 0.3) is 0 Å². The van der Waals surface area contributed by atoms with Crippen LogP contribution in [0.4, 0.5) is 5.69 Å². The zero-order chi connectivity index (χ0) is 18.8. The van der Waals surface area contributed by atoms with Gasteiger partial charge in [-0.05, 0) is 30.7 Å². The number of aliphatic imine (C=N–C) groups is 1. The minimum absolute atomic E-state index is 0.0270. The fraction of sp³-hybridized carbons (Fsp3) is 0.130. The van der Waals surface area contributed by atoms with Crippen molar-refractivity contribution in [1.82, 2.24) is 0 Å². The first kappa shape index (κ1) is 17.5. The Morgan fingerprint density at radius 2 is 1.63 bits per heavy atom. The Hall–Kier alpha value is -2.91. The summed E-state index contributed by atoms with van der Waals surface area (Å²) in [6, 6.07) is 25.5. The van der Waals surface area contributed by atoms with E-state index in [9.17, 15) is 4.79 Å². The summed E-state index contributed by atoms with van der Waals surface area (Å²) >= 11 is 6.30. The number of hydrogen-bond donors (Lipinski definition) is 0. The Labute approximate surface area is 163 Å². The average molecular weight is 375 g/mol. The Balaban J connectivity index is 1.87. The van der Waals surface area contributed by atoms with Crippen LogP contribution >= 0.6 is 11.6 Å². The number of anilines is 1. The molecule has 0 N–H and O–H groups in total. The first-order valence-corrected chi connectivity index (χ1v) is 9.30. The van der Waals surface area contributed by atoms with Crippen LogP contribution in [0.3, 0.4) is 0 Å². The minimum Gasteiger partial charge on any atom is -0.303 e. The van der Waals surface area contributed by atoms with Gasteiger partial charge in [0, 0.05) is 16.1 Å². The van der Waals surface area contributed by atoms with Gasteiger partial charge < -0.3 is 4.90 Å². The molecule has 3 aromatic rings. The van der Waals surface area contributed by atoms with Gasteiger partial charge in [-0.15, -0.1) is 0 Å². The monoisotopic (exact) mass is 374 g/mol. The van der Waals surface area contributed by atoms with Crippen LogP contribution < -0.4 is 4.90 Å². The highest BCUT2D eigenvalue weighted by Crippen LogP contribution is 2.34. The Bertz CT molecular complexity index is 999. The second kappa shape index (κ2) is 7.37. The zero-order valence-corrected chi connectivity index (χ0v) is 15.7. The van der Waals surface area contributed by atoms with Crippen molar-refractivity contribution in [3.8, 4) is 0 Å². The zero-order valence-electron chi connectivity index (χ0n) is 15.0. The molecule has 0 saturated heterocycles. The van der Waals surface area contributed by atoms with Crippen LogP contribution in [-0.2, 0) is 4.79 Å². The predicted molar refractivity (Wildman–Crippen MR) is 111 cm³/mol. The molecular formula is C23H19ClN2O. The molecule has 0 fully saturated rings. The molecule has 0 spiro atoms. The molecule has 4 rings (SSSR count). The van der Waals surface area contributed by atoms with E-state index in [2.05, 4.69) is 4.99 Å². The number of halogens is 1. The maximum Gasteiger partial charge on any atom is 0.249 e. The number of nitrogens with zero attached hydrogens (tertiary/aromatic N) is 2. The highest BCUT2D eigenvalue weighted by molar-refractivity contribution is 6.32. The molecule has 1 aliphatic heterocycles. The van der Waals surface area contributed by atoms with Gasteiger partial charge in [-0.25, -0.2) is 0 Å². The van der Waals surface area contributed by atoms with E-state index in [1.165, 1.54) is 0 Å². The Morgan fingerprint density at radius 3 is 2.33 bits per heavy atom. The number of rotatable bonds is 3.